The second-order valence-electron chi connectivity index (χ2n) is 8.26. The summed E-state index contributed by atoms with van der Waals surface area (Å²) in [7, 11) is 0. The summed E-state index contributed by atoms with van der Waals surface area (Å²) in [6.07, 6.45) is -12.0. The topological polar surface area (TPSA) is 133 Å². The minimum atomic E-state index is -5.00. The van der Waals surface area contributed by atoms with E-state index in [1.807, 2.05) is 5.32 Å². The van der Waals surface area contributed by atoms with E-state index in [-0.39, 0.29) is 28.7 Å². The summed E-state index contributed by atoms with van der Waals surface area (Å²) in [5.74, 6) is -1.87. The quantitative estimate of drug-likeness (QED) is 0.301. The maximum Gasteiger partial charge on any atom is 0.416 e. The number of aromatic nitrogens is 7. The number of hydrogen-bond acceptors (Lipinski definition) is 7. The van der Waals surface area contributed by atoms with Gasteiger partial charge in [0, 0.05) is 16.8 Å². The molecular formula is C22H17ClF6N8O3. The van der Waals surface area contributed by atoms with Crippen LogP contribution in [0.15, 0.2) is 53.7 Å². The number of anilines is 1. The van der Waals surface area contributed by atoms with Crippen LogP contribution in [0.3, 0.4) is 0 Å². The van der Waals surface area contributed by atoms with Crippen LogP contribution in [0.25, 0.3) is 17.1 Å². The normalized spacial score (nSPS) is 12.9. The fourth-order valence-corrected chi connectivity index (χ4v) is 3.58. The van der Waals surface area contributed by atoms with E-state index < -0.39 is 49.6 Å². The van der Waals surface area contributed by atoms with Crippen LogP contribution in [0, 0.1) is 0 Å². The third-order valence-electron chi connectivity index (χ3n) is 5.24. The molecule has 11 nitrogen and oxygen atoms in total. The average molecular weight is 591 g/mol. The first-order chi connectivity index (χ1) is 18.7. The molecule has 40 heavy (non-hydrogen) atoms. The molecule has 0 fully saturated rings. The smallest absolute Gasteiger partial charge is 0.382 e. The van der Waals surface area contributed by atoms with E-state index in [0.29, 0.717) is 9.59 Å². The number of aliphatic hydroxyl groups excluding tert-OH is 1. The lowest BCUT2D eigenvalue weighted by Gasteiger charge is -2.15. The maximum atomic E-state index is 13.0. The second kappa shape index (κ2) is 11.1. The van der Waals surface area contributed by atoms with Crippen molar-refractivity contribution in [3.63, 3.8) is 0 Å². The largest absolute Gasteiger partial charge is 0.416 e. The number of alkyl halides is 6. The molecule has 1 unspecified atom stereocenters. The second-order valence-corrected chi connectivity index (χ2v) is 8.69. The van der Waals surface area contributed by atoms with E-state index >= 15 is 0 Å². The third-order valence-corrected chi connectivity index (χ3v) is 5.49. The highest BCUT2D eigenvalue weighted by atomic mass is 35.5. The molecule has 1 amide bonds. The van der Waals surface area contributed by atoms with E-state index in [1.54, 1.807) is 0 Å². The van der Waals surface area contributed by atoms with Gasteiger partial charge in [-0.15, -0.1) is 10.2 Å². The maximum absolute atomic E-state index is 13.0. The summed E-state index contributed by atoms with van der Waals surface area (Å²) in [4.78, 5) is 32.6. The third kappa shape index (κ3) is 6.84. The fraction of sp³-hybridized carbons (Fsp3) is 0.273. The van der Waals surface area contributed by atoms with Crippen molar-refractivity contribution in [1.29, 1.82) is 0 Å². The van der Waals surface area contributed by atoms with Gasteiger partial charge in [-0.2, -0.15) is 26.3 Å². The number of pyridine rings is 1. The van der Waals surface area contributed by atoms with Gasteiger partial charge in [-0.05, 0) is 36.4 Å². The number of hydrogen-bond donors (Lipinski definition) is 2. The van der Waals surface area contributed by atoms with Gasteiger partial charge in [-0.1, -0.05) is 11.6 Å². The fourth-order valence-electron chi connectivity index (χ4n) is 3.45. The van der Waals surface area contributed by atoms with Crippen LogP contribution in [0.1, 0.15) is 12.2 Å². The lowest BCUT2D eigenvalue weighted by atomic mass is 10.2. The number of halogens is 7. The van der Waals surface area contributed by atoms with E-state index in [1.165, 1.54) is 42.6 Å². The minimum Gasteiger partial charge on any atom is -0.382 e. The molecule has 212 valence electrons. The molecule has 1 atom stereocenters. The number of carbonyl (C=O) groups excluding carboxylic acids is 1. The molecule has 4 rings (SSSR count). The van der Waals surface area contributed by atoms with Crippen LogP contribution in [0.5, 0.6) is 0 Å². The van der Waals surface area contributed by atoms with E-state index in [0.717, 1.165) is 15.7 Å². The Morgan fingerprint density at radius 1 is 1.05 bits per heavy atom. The zero-order chi connectivity index (χ0) is 29.2. The number of nitrogens with one attached hydrogen (secondary N) is 1. The van der Waals surface area contributed by atoms with Gasteiger partial charge in [0.15, 0.2) is 23.6 Å². The van der Waals surface area contributed by atoms with E-state index in [2.05, 4.69) is 20.2 Å². The van der Waals surface area contributed by atoms with Crippen molar-refractivity contribution in [1.82, 2.24) is 34.1 Å². The molecule has 0 aliphatic rings. The zero-order valence-electron chi connectivity index (χ0n) is 19.9. The SMILES string of the molecule is O=C(CC(F)(F)F)Nc1ncccc1-n1cnc(Cn2nc(-c3ccc(Cl)cc3)n(CC(O)C(F)(F)F)c2=O)n1. The molecule has 3 heterocycles. The summed E-state index contributed by atoms with van der Waals surface area (Å²) < 4.78 is 79.2. The zero-order valence-corrected chi connectivity index (χ0v) is 20.6. The molecule has 0 aliphatic heterocycles. The van der Waals surface area contributed by atoms with Crippen molar-refractivity contribution in [2.75, 3.05) is 5.32 Å². The first-order valence-corrected chi connectivity index (χ1v) is 11.5. The molecule has 4 aromatic rings. The number of nitrogens with zero attached hydrogens (tertiary/aromatic N) is 7. The Labute approximate surface area is 224 Å². The van der Waals surface area contributed by atoms with Crippen molar-refractivity contribution in [2.24, 2.45) is 0 Å². The van der Waals surface area contributed by atoms with Crippen molar-refractivity contribution in [2.45, 2.75) is 38.0 Å². The van der Waals surface area contributed by atoms with E-state index in [9.17, 15) is 41.0 Å². The molecule has 2 N–H and O–H groups in total. The van der Waals surface area contributed by atoms with E-state index in [4.69, 9.17) is 11.6 Å². The molecule has 1 aromatic carbocycles. The Kier molecular flexibility index (Phi) is 7.97. The average Bonchev–Trinajstić information content (AvgIpc) is 3.43. The van der Waals surface area contributed by atoms with Gasteiger partial charge >= 0.3 is 18.0 Å². The lowest BCUT2D eigenvalue weighted by Crippen LogP contribution is -2.37. The number of amides is 1. The van der Waals surface area contributed by atoms with Crippen LogP contribution in [0.4, 0.5) is 32.2 Å². The standard InChI is InChI=1S/C22H17ClF6N8O3/c23-13-5-3-12(4-6-13)19-34-36(20(40)35(19)9-15(38)22(27,28)29)10-16-31-11-37(33-16)14-2-1-7-30-18(14)32-17(39)8-21(24,25)26/h1-7,11,15,38H,8-10H2,(H,30,32,39). The molecule has 3 aromatic heterocycles. The molecule has 0 spiro atoms. The highest BCUT2D eigenvalue weighted by molar-refractivity contribution is 6.30. The number of aliphatic hydroxyl groups is 1. The Bertz CT molecular complexity index is 1560. The summed E-state index contributed by atoms with van der Waals surface area (Å²) >= 11 is 5.87. The predicted molar refractivity (Wildman–Crippen MR) is 127 cm³/mol. The van der Waals surface area contributed by atoms with Crippen molar-refractivity contribution >= 4 is 23.3 Å². The van der Waals surface area contributed by atoms with Crippen molar-refractivity contribution < 1.29 is 36.2 Å². The van der Waals surface area contributed by atoms with Gasteiger partial charge in [0.1, 0.15) is 25.0 Å². The Hall–Kier alpha value is -4.25. The van der Waals surface area contributed by atoms with Gasteiger partial charge in [-0.25, -0.2) is 24.1 Å². The minimum absolute atomic E-state index is 0.0461. The molecular weight excluding hydrogens is 574 g/mol. The van der Waals surface area contributed by atoms with Gasteiger partial charge in [0.25, 0.3) is 0 Å². The predicted octanol–water partition coefficient (Wildman–Crippen LogP) is 3.20. The summed E-state index contributed by atoms with van der Waals surface area (Å²) in [6.45, 7) is -1.57. The molecule has 0 aliphatic carbocycles. The number of benzene rings is 1. The van der Waals surface area contributed by atoms with Crippen LogP contribution in [-0.2, 0) is 17.9 Å². The monoisotopic (exact) mass is 590 g/mol. The molecule has 0 saturated carbocycles. The van der Waals surface area contributed by atoms with Crippen LogP contribution in [-0.4, -0.2) is 63.6 Å². The van der Waals surface area contributed by atoms with Crippen LogP contribution >= 0.6 is 11.6 Å². The van der Waals surface area contributed by atoms with Crippen LogP contribution in [0.2, 0.25) is 5.02 Å². The van der Waals surface area contributed by atoms with Gasteiger partial charge in [0.05, 0.1) is 6.54 Å². The summed E-state index contributed by atoms with van der Waals surface area (Å²) in [5, 5.41) is 20.2. The first kappa shape index (κ1) is 28.8. The van der Waals surface area contributed by atoms with Crippen molar-refractivity contribution in [3.8, 4) is 17.1 Å². The Balaban J connectivity index is 1.64. The Morgan fingerprint density at radius 2 is 1.75 bits per heavy atom. The molecule has 0 saturated heterocycles. The first-order valence-electron chi connectivity index (χ1n) is 11.1. The van der Waals surface area contributed by atoms with Gasteiger partial charge in [0.2, 0.25) is 5.91 Å². The lowest BCUT2D eigenvalue weighted by molar-refractivity contribution is -0.207. The number of rotatable bonds is 8. The highest BCUT2D eigenvalue weighted by Crippen LogP contribution is 2.25. The van der Waals surface area contributed by atoms with Gasteiger partial charge < -0.3 is 10.4 Å². The van der Waals surface area contributed by atoms with Crippen molar-refractivity contribution in [3.05, 3.63) is 70.3 Å². The van der Waals surface area contributed by atoms with Crippen LogP contribution < -0.4 is 11.0 Å². The summed E-state index contributed by atoms with van der Waals surface area (Å²) in [6, 6.07) is 8.53. The van der Waals surface area contributed by atoms with Gasteiger partial charge in [-0.3, -0.25) is 9.36 Å². The molecule has 0 bridgehead atoms. The number of carbonyl (C=O) groups is 1. The highest BCUT2D eigenvalue weighted by Gasteiger charge is 2.39. The molecule has 18 heteroatoms. The molecule has 0 radical (unpaired) electrons. The Morgan fingerprint density at radius 3 is 2.40 bits per heavy atom. The summed E-state index contributed by atoms with van der Waals surface area (Å²) in [5.41, 5.74) is -0.724.